The molecular formula is C12H15NO2. The molecule has 3 nitrogen and oxygen atoms in total. The van der Waals surface area contributed by atoms with Crippen LogP contribution in [0, 0.1) is 0 Å². The Hall–Kier alpha value is -1.64. The van der Waals surface area contributed by atoms with E-state index in [1.807, 2.05) is 12.1 Å². The van der Waals surface area contributed by atoms with Crippen molar-refractivity contribution in [3.63, 3.8) is 0 Å². The zero-order valence-corrected chi connectivity index (χ0v) is 9.06. The minimum atomic E-state index is -0.00284. The van der Waals surface area contributed by atoms with Crippen molar-refractivity contribution in [2.75, 3.05) is 14.1 Å². The molecule has 0 spiro atoms. The van der Waals surface area contributed by atoms with E-state index in [-0.39, 0.29) is 5.91 Å². The maximum Gasteiger partial charge on any atom is 0.253 e. The number of carbonyl (C=O) groups is 2. The van der Waals surface area contributed by atoms with E-state index < -0.39 is 0 Å². The lowest BCUT2D eigenvalue weighted by molar-refractivity contribution is -0.107. The van der Waals surface area contributed by atoms with E-state index in [0.29, 0.717) is 12.0 Å². The van der Waals surface area contributed by atoms with Gasteiger partial charge in [0.05, 0.1) is 0 Å². The summed E-state index contributed by atoms with van der Waals surface area (Å²) in [5.41, 5.74) is 1.76. The SMILES string of the molecule is CN(C)C(=O)c1ccc(CCC=O)cc1. The average Bonchev–Trinajstić information content (AvgIpc) is 2.26. The summed E-state index contributed by atoms with van der Waals surface area (Å²) in [6.45, 7) is 0. The molecule has 1 aromatic rings. The molecule has 0 aliphatic carbocycles. The number of rotatable bonds is 4. The molecular weight excluding hydrogens is 190 g/mol. The summed E-state index contributed by atoms with van der Waals surface area (Å²) in [5.74, 6) is -0.00284. The first-order valence-corrected chi connectivity index (χ1v) is 4.89. The number of benzene rings is 1. The predicted molar refractivity (Wildman–Crippen MR) is 58.8 cm³/mol. The molecule has 0 bridgehead atoms. The van der Waals surface area contributed by atoms with E-state index in [1.165, 1.54) is 0 Å². The van der Waals surface area contributed by atoms with Crippen LogP contribution in [0.25, 0.3) is 0 Å². The lowest BCUT2D eigenvalue weighted by Gasteiger charge is -2.10. The molecule has 0 aliphatic heterocycles. The maximum absolute atomic E-state index is 11.5. The third kappa shape index (κ3) is 3.20. The molecule has 1 aromatic carbocycles. The van der Waals surface area contributed by atoms with Crippen molar-refractivity contribution in [1.82, 2.24) is 4.90 Å². The highest BCUT2D eigenvalue weighted by Gasteiger charge is 2.06. The first kappa shape index (κ1) is 11.4. The van der Waals surface area contributed by atoms with E-state index in [4.69, 9.17) is 0 Å². The van der Waals surface area contributed by atoms with E-state index in [9.17, 15) is 9.59 Å². The quantitative estimate of drug-likeness (QED) is 0.699. The fourth-order valence-corrected chi connectivity index (χ4v) is 1.30. The van der Waals surface area contributed by atoms with Gasteiger partial charge >= 0.3 is 0 Å². The topological polar surface area (TPSA) is 37.4 Å². The van der Waals surface area contributed by atoms with Gasteiger partial charge in [-0.3, -0.25) is 4.79 Å². The standard InChI is InChI=1S/C12H15NO2/c1-13(2)12(15)11-7-5-10(6-8-11)4-3-9-14/h5-9H,3-4H2,1-2H3. The van der Waals surface area contributed by atoms with E-state index >= 15 is 0 Å². The normalized spacial score (nSPS) is 9.73. The van der Waals surface area contributed by atoms with Crippen LogP contribution in [0.5, 0.6) is 0 Å². The van der Waals surface area contributed by atoms with Gasteiger partial charge in [-0.15, -0.1) is 0 Å². The second-order valence-corrected chi connectivity index (χ2v) is 3.60. The molecule has 1 rings (SSSR count). The zero-order valence-electron chi connectivity index (χ0n) is 9.06. The number of amides is 1. The molecule has 0 radical (unpaired) electrons. The fourth-order valence-electron chi connectivity index (χ4n) is 1.30. The second kappa shape index (κ2) is 5.29. The molecule has 3 heteroatoms. The van der Waals surface area contributed by atoms with Gasteiger partial charge in [0.2, 0.25) is 0 Å². The molecule has 80 valence electrons. The predicted octanol–water partition coefficient (Wildman–Crippen LogP) is 1.52. The van der Waals surface area contributed by atoms with Crippen molar-refractivity contribution < 1.29 is 9.59 Å². The van der Waals surface area contributed by atoms with Gasteiger partial charge in [-0.25, -0.2) is 0 Å². The van der Waals surface area contributed by atoms with Crippen LogP contribution in [-0.2, 0) is 11.2 Å². The van der Waals surface area contributed by atoms with Gasteiger partial charge in [-0.05, 0) is 24.1 Å². The number of hydrogen-bond acceptors (Lipinski definition) is 2. The fraction of sp³-hybridized carbons (Fsp3) is 0.333. The average molecular weight is 205 g/mol. The Morgan fingerprint density at radius 3 is 2.33 bits per heavy atom. The molecule has 0 saturated carbocycles. The smallest absolute Gasteiger partial charge is 0.253 e. The van der Waals surface area contributed by atoms with E-state index in [2.05, 4.69) is 0 Å². The van der Waals surface area contributed by atoms with Crippen LogP contribution in [0.4, 0.5) is 0 Å². The Kier molecular flexibility index (Phi) is 4.03. The van der Waals surface area contributed by atoms with Crippen LogP contribution in [0.15, 0.2) is 24.3 Å². The van der Waals surface area contributed by atoms with Crippen molar-refractivity contribution in [2.45, 2.75) is 12.8 Å². The van der Waals surface area contributed by atoms with Crippen molar-refractivity contribution >= 4 is 12.2 Å². The van der Waals surface area contributed by atoms with Gasteiger partial charge < -0.3 is 9.69 Å². The highest BCUT2D eigenvalue weighted by atomic mass is 16.2. The Balaban J connectivity index is 2.71. The maximum atomic E-state index is 11.5. The number of aldehydes is 1. The van der Waals surface area contributed by atoms with Crippen LogP contribution in [0.1, 0.15) is 22.3 Å². The number of hydrogen-bond donors (Lipinski definition) is 0. The second-order valence-electron chi connectivity index (χ2n) is 3.60. The minimum Gasteiger partial charge on any atom is -0.345 e. The van der Waals surface area contributed by atoms with Gasteiger partial charge in [-0.2, -0.15) is 0 Å². The van der Waals surface area contributed by atoms with Crippen molar-refractivity contribution in [3.05, 3.63) is 35.4 Å². The lowest BCUT2D eigenvalue weighted by atomic mass is 10.1. The molecule has 0 aromatic heterocycles. The van der Waals surface area contributed by atoms with Crippen LogP contribution >= 0.6 is 0 Å². The zero-order chi connectivity index (χ0) is 11.3. The van der Waals surface area contributed by atoms with Crippen molar-refractivity contribution in [1.29, 1.82) is 0 Å². The number of nitrogens with zero attached hydrogens (tertiary/aromatic N) is 1. The van der Waals surface area contributed by atoms with Crippen molar-refractivity contribution in [2.24, 2.45) is 0 Å². The highest BCUT2D eigenvalue weighted by Crippen LogP contribution is 2.07. The van der Waals surface area contributed by atoms with E-state index in [0.717, 1.165) is 18.3 Å². The third-order valence-corrected chi connectivity index (χ3v) is 2.16. The summed E-state index contributed by atoms with van der Waals surface area (Å²) in [7, 11) is 3.45. The lowest BCUT2D eigenvalue weighted by Crippen LogP contribution is -2.21. The molecule has 0 fully saturated rings. The summed E-state index contributed by atoms with van der Waals surface area (Å²) >= 11 is 0. The Morgan fingerprint density at radius 2 is 1.87 bits per heavy atom. The molecule has 1 amide bonds. The van der Waals surface area contributed by atoms with Gasteiger partial charge in [0.25, 0.3) is 5.91 Å². The summed E-state index contributed by atoms with van der Waals surface area (Å²) in [6.07, 6.45) is 2.17. The molecule has 0 N–H and O–H groups in total. The van der Waals surface area contributed by atoms with Crippen LogP contribution in [0.3, 0.4) is 0 Å². The number of carbonyl (C=O) groups excluding carboxylic acids is 2. The first-order chi connectivity index (χ1) is 7.15. The van der Waals surface area contributed by atoms with Crippen LogP contribution < -0.4 is 0 Å². The summed E-state index contributed by atoms with van der Waals surface area (Å²) in [6, 6.07) is 7.37. The van der Waals surface area contributed by atoms with E-state index in [1.54, 1.807) is 31.1 Å². The first-order valence-electron chi connectivity index (χ1n) is 4.89. The molecule has 0 unspecified atom stereocenters. The summed E-state index contributed by atoms with van der Waals surface area (Å²) < 4.78 is 0. The Labute approximate surface area is 89.7 Å². The molecule has 0 atom stereocenters. The third-order valence-electron chi connectivity index (χ3n) is 2.16. The van der Waals surface area contributed by atoms with Gasteiger partial charge in [0.15, 0.2) is 0 Å². The highest BCUT2D eigenvalue weighted by molar-refractivity contribution is 5.93. The summed E-state index contributed by atoms with van der Waals surface area (Å²) in [5, 5.41) is 0. The largest absolute Gasteiger partial charge is 0.345 e. The molecule has 0 saturated heterocycles. The van der Waals surface area contributed by atoms with Crippen LogP contribution in [-0.4, -0.2) is 31.2 Å². The Bertz CT molecular complexity index is 341. The number of aryl methyl sites for hydroxylation is 1. The van der Waals surface area contributed by atoms with Gasteiger partial charge in [0.1, 0.15) is 6.29 Å². The minimum absolute atomic E-state index is 0.00284. The van der Waals surface area contributed by atoms with Gasteiger partial charge in [0, 0.05) is 26.1 Å². The summed E-state index contributed by atoms with van der Waals surface area (Å²) in [4.78, 5) is 23.3. The Morgan fingerprint density at radius 1 is 1.27 bits per heavy atom. The van der Waals surface area contributed by atoms with Gasteiger partial charge in [-0.1, -0.05) is 12.1 Å². The van der Waals surface area contributed by atoms with Crippen molar-refractivity contribution in [3.8, 4) is 0 Å². The molecule has 0 heterocycles. The van der Waals surface area contributed by atoms with Crippen LogP contribution in [0.2, 0.25) is 0 Å². The monoisotopic (exact) mass is 205 g/mol. The molecule has 0 aliphatic rings. The molecule has 15 heavy (non-hydrogen) atoms.